The largest absolute Gasteiger partial charge is 0.307 e. The summed E-state index contributed by atoms with van der Waals surface area (Å²) in [5.74, 6) is 0. The van der Waals surface area contributed by atoms with Gasteiger partial charge in [-0.05, 0) is 55.3 Å². The molecule has 0 saturated heterocycles. The molecule has 0 aliphatic carbocycles. The van der Waals surface area contributed by atoms with E-state index in [-0.39, 0.29) is 0 Å². The Hall–Kier alpha value is -5.66. The van der Waals surface area contributed by atoms with Gasteiger partial charge in [0.05, 0.1) is 57.5 Å². The molecule has 0 saturated carbocycles. The van der Waals surface area contributed by atoms with Crippen molar-refractivity contribution < 1.29 is 0 Å². The fourth-order valence-electron chi connectivity index (χ4n) is 6.53. The summed E-state index contributed by atoms with van der Waals surface area (Å²) in [6.45, 7) is 4.25. The van der Waals surface area contributed by atoms with Gasteiger partial charge in [0.1, 0.15) is 0 Å². The quantitative estimate of drug-likeness (QED) is 0.225. The van der Waals surface area contributed by atoms with Crippen LogP contribution in [0.1, 0.15) is 16.7 Å². The van der Waals surface area contributed by atoms with Crippen molar-refractivity contribution in [3.63, 3.8) is 0 Å². The number of rotatable bonds is 3. The summed E-state index contributed by atoms with van der Waals surface area (Å²) < 4.78 is 4.63. The van der Waals surface area contributed by atoms with E-state index in [2.05, 4.69) is 120 Å². The molecule has 0 radical (unpaired) electrons. The Morgan fingerprint density at radius 3 is 1.57 bits per heavy atom. The summed E-state index contributed by atoms with van der Waals surface area (Å²) in [6.07, 6.45) is 3.89. The summed E-state index contributed by atoms with van der Waals surface area (Å²) >= 11 is 0. The zero-order chi connectivity index (χ0) is 28.4. The van der Waals surface area contributed by atoms with Crippen molar-refractivity contribution in [1.29, 1.82) is 5.26 Å². The van der Waals surface area contributed by atoms with Crippen LogP contribution in [-0.4, -0.2) is 14.1 Å². The van der Waals surface area contributed by atoms with Gasteiger partial charge in [-0.2, -0.15) is 5.26 Å². The van der Waals surface area contributed by atoms with E-state index in [1.807, 2.05) is 30.6 Å². The molecule has 42 heavy (non-hydrogen) atoms. The van der Waals surface area contributed by atoms with E-state index in [1.165, 1.54) is 32.7 Å². The minimum Gasteiger partial charge on any atom is -0.307 e. The van der Waals surface area contributed by atoms with Gasteiger partial charge >= 0.3 is 0 Å². The first-order chi connectivity index (χ1) is 20.6. The Labute approximate surface area is 243 Å². The van der Waals surface area contributed by atoms with Crippen LogP contribution in [0.5, 0.6) is 0 Å². The first kappa shape index (κ1) is 24.2. The van der Waals surface area contributed by atoms with Crippen LogP contribution in [0.25, 0.3) is 66.1 Å². The fraction of sp³-hybridized carbons (Fsp3) is 0.0526. The number of nitrogens with zero attached hydrogens (tertiary/aromatic N) is 4. The van der Waals surface area contributed by atoms with Crippen LogP contribution in [0.3, 0.4) is 0 Å². The van der Waals surface area contributed by atoms with Gasteiger partial charge < -0.3 is 9.13 Å². The van der Waals surface area contributed by atoms with Crippen LogP contribution in [0.2, 0.25) is 0 Å². The topological polar surface area (TPSA) is 46.5 Å². The third kappa shape index (κ3) is 3.44. The maximum Gasteiger partial charge on any atom is 0.0998 e. The highest BCUT2D eigenvalue weighted by atomic mass is 15.0. The molecule has 0 aliphatic rings. The van der Waals surface area contributed by atoms with Crippen LogP contribution >= 0.6 is 0 Å². The molecule has 8 rings (SSSR count). The van der Waals surface area contributed by atoms with Crippen molar-refractivity contribution in [3.05, 3.63) is 138 Å². The Kier molecular flexibility index (Phi) is 5.29. The number of aromatic nitrogens is 3. The predicted molar refractivity (Wildman–Crippen MR) is 173 cm³/mol. The van der Waals surface area contributed by atoms with Crippen LogP contribution < -0.4 is 0 Å². The number of benzene rings is 5. The van der Waals surface area contributed by atoms with E-state index in [1.54, 1.807) is 0 Å². The minimum absolute atomic E-state index is 0.625. The Morgan fingerprint density at radius 1 is 0.548 bits per heavy atom. The second-order valence-electron chi connectivity index (χ2n) is 11.0. The number of fused-ring (bicyclic) bond motifs is 6. The van der Waals surface area contributed by atoms with E-state index in [9.17, 15) is 5.26 Å². The van der Waals surface area contributed by atoms with Gasteiger partial charge in [0.25, 0.3) is 0 Å². The average molecular weight is 539 g/mol. The molecule has 4 nitrogen and oxygen atoms in total. The summed E-state index contributed by atoms with van der Waals surface area (Å²) in [5, 5.41) is 15.1. The third-order valence-corrected chi connectivity index (χ3v) is 8.36. The molecule has 5 aromatic carbocycles. The number of hydrogen-bond donors (Lipinski definition) is 0. The highest BCUT2D eigenvalue weighted by Crippen LogP contribution is 2.42. The van der Waals surface area contributed by atoms with E-state index in [0.29, 0.717) is 5.56 Å². The number of para-hydroxylation sites is 2. The maximum absolute atomic E-state index is 10.3. The van der Waals surface area contributed by atoms with Crippen molar-refractivity contribution in [3.8, 4) is 28.6 Å². The summed E-state index contributed by atoms with van der Waals surface area (Å²) in [4.78, 5) is 4.89. The predicted octanol–water partition coefficient (Wildman–Crippen LogP) is 9.43. The summed E-state index contributed by atoms with van der Waals surface area (Å²) in [5.41, 5.74) is 11.2. The van der Waals surface area contributed by atoms with Gasteiger partial charge in [-0.3, -0.25) is 4.98 Å². The van der Waals surface area contributed by atoms with Crippen molar-refractivity contribution >= 4 is 43.6 Å². The van der Waals surface area contributed by atoms with E-state index in [0.717, 1.165) is 44.6 Å². The molecular weight excluding hydrogens is 512 g/mol. The molecule has 3 heterocycles. The second kappa shape index (κ2) is 9.19. The standard InChI is InChI=1S/C38H26N4/c1-24-15-17-30-28-11-5-7-13-32(28)41(34(30)19-24)36-22-40-23-37(38(36)27-10-4-3-9-26(27)21-39)42-33-14-8-6-12-29(33)31-18-16-25(2)20-35(31)42/h3-20,22-23H,1-2H3. The van der Waals surface area contributed by atoms with Gasteiger partial charge in [-0.1, -0.05) is 78.9 Å². The zero-order valence-corrected chi connectivity index (χ0v) is 23.3. The van der Waals surface area contributed by atoms with Crippen molar-refractivity contribution in [2.24, 2.45) is 0 Å². The van der Waals surface area contributed by atoms with Crippen LogP contribution in [0.15, 0.2) is 122 Å². The zero-order valence-electron chi connectivity index (χ0n) is 23.3. The number of nitriles is 1. The van der Waals surface area contributed by atoms with E-state index < -0.39 is 0 Å². The molecule has 8 aromatic rings. The molecule has 0 aliphatic heterocycles. The minimum atomic E-state index is 0.625. The first-order valence-corrected chi connectivity index (χ1v) is 14.1. The van der Waals surface area contributed by atoms with Crippen molar-refractivity contribution in [2.45, 2.75) is 13.8 Å². The van der Waals surface area contributed by atoms with Crippen LogP contribution in [0, 0.1) is 25.2 Å². The number of hydrogen-bond acceptors (Lipinski definition) is 2. The molecule has 198 valence electrons. The number of pyridine rings is 1. The van der Waals surface area contributed by atoms with E-state index >= 15 is 0 Å². The Balaban J connectivity index is 1.60. The summed E-state index contributed by atoms with van der Waals surface area (Å²) in [7, 11) is 0. The second-order valence-corrected chi connectivity index (χ2v) is 11.0. The van der Waals surface area contributed by atoms with Gasteiger partial charge in [-0.25, -0.2) is 0 Å². The normalized spacial score (nSPS) is 11.5. The highest BCUT2D eigenvalue weighted by molar-refractivity contribution is 6.12. The monoisotopic (exact) mass is 538 g/mol. The molecule has 0 N–H and O–H groups in total. The Bertz CT molecular complexity index is 2260. The summed E-state index contributed by atoms with van der Waals surface area (Å²) in [6, 6.07) is 40.6. The van der Waals surface area contributed by atoms with Gasteiger partial charge in [0.2, 0.25) is 0 Å². The lowest BCUT2D eigenvalue weighted by Gasteiger charge is -2.20. The molecule has 3 aromatic heterocycles. The Morgan fingerprint density at radius 2 is 1.02 bits per heavy atom. The molecule has 0 fully saturated rings. The van der Waals surface area contributed by atoms with Crippen LogP contribution in [0.4, 0.5) is 0 Å². The molecule has 0 bridgehead atoms. The van der Waals surface area contributed by atoms with E-state index in [4.69, 9.17) is 4.98 Å². The van der Waals surface area contributed by atoms with Gasteiger partial charge in [-0.15, -0.1) is 0 Å². The SMILES string of the molecule is Cc1ccc2c3ccccc3n(-c3cncc(-n4c5ccccc5c5ccc(C)cc54)c3-c3ccccc3C#N)c2c1. The van der Waals surface area contributed by atoms with Crippen molar-refractivity contribution in [2.75, 3.05) is 0 Å². The van der Waals surface area contributed by atoms with Gasteiger partial charge in [0.15, 0.2) is 0 Å². The average Bonchev–Trinajstić information content (AvgIpc) is 3.52. The smallest absolute Gasteiger partial charge is 0.0998 e. The molecule has 0 unspecified atom stereocenters. The third-order valence-electron chi connectivity index (χ3n) is 8.36. The van der Waals surface area contributed by atoms with Crippen LogP contribution in [-0.2, 0) is 0 Å². The molecule has 0 atom stereocenters. The molecule has 0 spiro atoms. The fourth-order valence-corrected chi connectivity index (χ4v) is 6.53. The number of aryl methyl sites for hydroxylation is 2. The molecular formula is C38H26N4. The molecule has 0 amide bonds. The van der Waals surface area contributed by atoms with Gasteiger partial charge in [0, 0.05) is 32.7 Å². The highest BCUT2D eigenvalue weighted by Gasteiger charge is 2.23. The lowest BCUT2D eigenvalue weighted by molar-refractivity contribution is 1.09. The lowest BCUT2D eigenvalue weighted by Crippen LogP contribution is -2.05. The lowest BCUT2D eigenvalue weighted by atomic mass is 9.97. The first-order valence-electron chi connectivity index (χ1n) is 14.1. The molecule has 4 heteroatoms. The maximum atomic E-state index is 10.3. The van der Waals surface area contributed by atoms with Crippen molar-refractivity contribution in [1.82, 2.24) is 14.1 Å².